The van der Waals surface area contributed by atoms with Crippen LogP contribution in [0.4, 0.5) is 4.79 Å². The van der Waals surface area contributed by atoms with Gasteiger partial charge in [-0.1, -0.05) is 11.6 Å². The van der Waals surface area contributed by atoms with Gasteiger partial charge in [-0.25, -0.2) is 19.8 Å². The second-order valence-corrected chi connectivity index (χ2v) is 10.4. The third-order valence-electron chi connectivity index (χ3n) is 5.69. The monoisotopic (exact) mass is 557 g/mol. The number of rotatable bonds is 6. The number of hydrogen-bond donors (Lipinski definition) is 1. The molecule has 1 N–H and O–H groups in total. The molecule has 1 aliphatic heterocycles. The SMILES string of the molecule is Cc1cc(C(=O)NC(=NC(C)Oc2ccncn2)N(/C=C\Cl)[C@@H]2CCCCN(C(=O)OC(C)(C)C)C2)ccn1. The van der Waals surface area contributed by atoms with Crippen molar-refractivity contribution < 1.29 is 19.1 Å². The maximum atomic E-state index is 13.3. The number of aromatic nitrogens is 3. The number of likely N-dealkylation sites (tertiary alicyclic amines) is 1. The number of nitrogens with one attached hydrogen (secondary N) is 1. The highest BCUT2D eigenvalue weighted by Gasteiger charge is 2.31. The molecule has 1 fully saturated rings. The molecule has 11 nitrogen and oxygen atoms in total. The van der Waals surface area contributed by atoms with Crippen LogP contribution >= 0.6 is 11.6 Å². The summed E-state index contributed by atoms with van der Waals surface area (Å²) in [6, 6.07) is 4.67. The average Bonchev–Trinajstić information content (AvgIpc) is 3.13. The van der Waals surface area contributed by atoms with E-state index < -0.39 is 11.8 Å². The highest BCUT2D eigenvalue weighted by molar-refractivity contribution is 6.25. The topological polar surface area (TPSA) is 122 Å². The third-order valence-corrected chi connectivity index (χ3v) is 5.80. The summed E-state index contributed by atoms with van der Waals surface area (Å²) in [7, 11) is 0. The summed E-state index contributed by atoms with van der Waals surface area (Å²) < 4.78 is 11.5. The van der Waals surface area contributed by atoms with Crippen molar-refractivity contribution in [1.29, 1.82) is 0 Å². The van der Waals surface area contributed by atoms with Gasteiger partial charge in [0, 0.05) is 54.5 Å². The summed E-state index contributed by atoms with van der Waals surface area (Å²) in [5, 5.41) is 2.91. The minimum absolute atomic E-state index is 0.212. The molecule has 2 aromatic rings. The van der Waals surface area contributed by atoms with Gasteiger partial charge in [-0.15, -0.1) is 0 Å². The highest BCUT2D eigenvalue weighted by atomic mass is 35.5. The summed E-state index contributed by atoms with van der Waals surface area (Å²) in [5.41, 5.74) is 1.85. The van der Waals surface area contributed by atoms with Gasteiger partial charge in [0.2, 0.25) is 11.8 Å². The van der Waals surface area contributed by atoms with Crippen LogP contribution in [-0.4, -0.2) is 73.7 Å². The predicted molar refractivity (Wildman–Crippen MR) is 148 cm³/mol. The Kier molecular flexibility index (Phi) is 10.6. The fraction of sp³-hybridized carbons (Fsp3) is 0.481. The summed E-state index contributed by atoms with van der Waals surface area (Å²) in [5.74, 6) is 0.171. The van der Waals surface area contributed by atoms with E-state index in [1.165, 1.54) is 11.9 Å². The lowest BCUT2D eigenvalue weighted by Crippen LogP contribution is -2.51. The smallest absolute Gasteiger partial charge is 0.410 e. The van der Waals surface area contributed by atoms with Crippen molar-refractivity contribution in [3.05, 3.63) is 59.9 Å². The van der Waals surface area contributed by atoms with E-state index in [-0.39, 0.29) is 24.0 Å². The molecule has 0 aliphatic carbocycles. The van der Waals surface area contributed by atoms with Crippen molar-refractivity contribution in [2.75, 3.05) is 13.1 Å². The second-order valence-electron chi connectivity index (χ2n) is 10.1. The van der Waals surface area contributed by atoms with E-state index in [0.717, 1.165) is 19.3 Å². The third kappa shape index (κ3) is 9.51. The maximum absolute atomic E-state index is 13.3. The van der Waals surface area contributed by atoms with Crippen molar-refractivity contribution in [3.8, 4) is 5.88 Å². The molecule has 0 saturated carbocycles. The van der Waals surface area contributed by atoms with Crippen molar-refractivity contribution in [1.82, 2.24) is 30.1 Å². The van der Waals surface area contributed by atoms with E-state index in [1.54, 1.807) is 53.5 Å². The molecule has 12 heteroatoms. The van der Waals surface area contributed by atoms with E-state index >= 15 is 0 Å². The molecule has 3 rings (SSSR count). The number of guanidine groups is 1. The Labute approximate surface area is 234 Å². The van der Waals surface area contributed by atoms with Crippen LogP contribution in [0.1, 0.15) is 63.0 Å². The maximum Gasteiger partial charge on any atom is 0.410 e. The number of amides is 2. The fourth-order valence-corrected chi connectivity index (χ4v) is 4.13. The lowest BCUT2D eigenvalue weighted by molar-refractivity contribution is 0.0232. The zero-order valence-electron chi connectivity index (χ0n) is 23.0. The molecule has 3 heterocycles. The summed E-state index contributed by atoms with van der Waals surface area (Å²) in [4.78, 5) is 46.5. The molecule has 2 aromatic heterocycles. The van der Waals surface area contributed by atoms with Crippen LogP contribution in [0.5, 0.6) is 5.88 Å². The standard InChI is InChI=1S/C27H36ClN7O4/c1-19-16-21(9-13-30-19)24(36)33-25(32-20(2)38-23-10-12-29-18-31-23)35(15-11-28)22-8-6-7-14-34(17-22)26(37)39-27(3,4)5/h9-13,15-16,18,20,22H,6-8,14,17H2,1-5H3,(H,32,33,36)/b15-11-/t20?,22-/m1/s1. The molecule has 0 radical (unpaired) electrons. The van der Waals surface area contributed by atoms with Gasteiger partial charge in [0.25, 0.3) is 5.91 Å². The molecule has 210 valence electrons. The number of aliphatic imine (C=N–C) groups is 1. The van der Waals surface area contributed by atoms with Crippen molar-refractivity contribution in [2.45, 2.75) is 71.8 Å². The van der Waals surface area contributed by atoms with Crippen molar-refractivity contribution >= 4 is 29.6 Å². The Morgan fingerprint density at radius 2 is 2.05 bits per heavy atom. The number of hydrogen-bond acceptors (Lipinski definition) is 8. The zero-order valence-corrected chi connectivity index (χ0v) is 23.8. The number of halogens is 1. The Morgan fingerprint density at radius 3 is 2.72 bits per heavy atom. The van der Waals surface area contributed by atoms with E-state index in [0.29, 0.717) is 30.2 Å². The highest BCUT2D eigenvalue weighted by Crippen LogP contribution is 2.20. The first-order valence-electron chi connectivity index (χ1n) is 12.8. The van der Waals surface area contributed by atoms with Crippen LogP contribution in [0.15, 0.2) is 53.6 Å². The Bertz CT molecular complexity index is 1170. The number of nitrogens with zero attached hydrogens (tertiary/aromatic N) is 6. The molecule has 1 unspecified atom stereocenters. The first-order valence-corrected chi connectivity index (χ1v) is 13.3. The van der Waals surface area contributed by atoms with Gasteiger partial charge in [-0.05, 0) is 66.0 Å². The fourth-order valence-electron chi connectivity index (χ4n) is 4.01. The molecular formula is C27H36ClN7O4. The van der Waals surface area contributed by atoms with E-state index in [1.807, 2.05) is 27.7 Å². The van der Waals surface area contributed by atoms with Gasteiger partial charge in [0.1, 0.15) is 11.9 Å². The molecule has 39 heavy (non-hydrogen) atoms. The van der Waals surface area contributed by atoms with Gasteiger partial charge in [-0.3, -0.25) is 15.1 Å². The molecule has 1 aliphatic rings. The zero-order chi connectivity index (χ0) is 28.4. The van der Waals surface area contributed by atoms with Crippen molar-refractivity contribution in [3.63, 3.8) is 0 Å². The number of ether oxygens (including phenoxy) is 2. The van der Waals surface area contributed by atoms with Gasteiger partial charge in [0.15, 0.2) is 6.23 Å². The average molecular weight is 558 g/mol. The molecule has 2 atom stereocenters. The molecule has 0 aromatic carbocycles. The normalized spacial score (nSPS) is 17.3. The van der Waals surface area contributed by atoms with Crippen LogP contribution in [-0.2, 0) is 4.74 Å². The molecule has 1 saturated heterocycles. The second kappa shape index (κ2) is 13.9. The van der Waals surface area contributed by atoms with Gasteiger partial charge in [-0.2, -0.15) is 0 Å². The summed E-state index contributed by atoms with van der Waals surface area (Å²) >= 11 is 6.08. The number of carbonyl (C=O) groups is 2. The van der Waals surface area contributed by atoms with Crippen LogP contribution in [0.25, 0.3) is 0 Å². The summed E-state index contributed by atoms with van der Waals surface area (Å²) in [6.07, 6.45) is 7.41. The Hall–Kier alpha value is -3.73. The first-order chi connectivity index (χ1) is 18.6. The summed E-state index contributed by atoms with van der Waals surface area (Å²) in [6.45, 7) is 9.96. The minimum atomic E-state index is -0.728. The van der Waals surface area contributed by atoms with Crippen LogP contribution in [0.3, 0.4) is 0 Å². The quantitative estimate of drug-likeness (QED) is 0.407. The largest absolute Gasteiger partial charge is 0.452 e. The van der Waals surface area contributed by atoms with E-state index in [2.05, 4.69) is 25.3 Å². The van der Waals surface area contributed by atoms with Crippen LogP contribution in [0.2, 0.25) is 0 Å². The molecule has 2 amide bonds. The van der Waals surface area contributed by atoms with E-state index in [9.17, 15) is 9.59 Å². The first kappa shape index (κ1) is 29.8. The molecular weight excluding hydrogens is 522 g/mol. The van der Waals surface area contributed by atoms with Gasteiger partial charge in [0.05, 0.1) is 6.04 Å². The van der Waals surface area contributed by atoms with Gasteiger partial charge >= 0.3 is 6.09 Å². The van der Waals surface area contributed by atoms with Crippen molar-refractivity contribution in [2.24, 2.45) is 4.99 Å². The number of aryl methyl sites for hydroxylation is 1. The lowest BCUT2D eigenvalue weighted by Gasteiger charge is -2.34. The molecule has 0 spiro atoms. The van der Waals surface area contributed by atoms with E-state index in [4.69, 9.17) is 21.1 Å². The Balaban J connectivity index is 1.93. The minimum Gasteiger partial charge on any atom is -0.452 e. The Morgan fingerprint density at radius 1 is 1.26 bits per heavy atom. The molecule has 0 bridgehead atoms. The van der Waals surface area contributed by atoms with Crippen LogP contribution < -0.4 is 10.1 Å². The predicted octanol–water partition coefficient (Wildman–Crippen LogP) is 4.49. The number of pyridine rings is 1. The number of carbonyl (C=O) groups excluding carboxylic acids is 2. The van der Waals surface area contributed by atoms with Gasteiger partial charge < -0.3 is 19.3 Å². The lowest BCUT2D eigenvalue weighted by atomic mass is 10.1. The van der Waals surface area contributed by atoms with Crippen LogP contribution in [0, 0.1) is 6.92 Å².